The van der Waals surface area contributed by atoms with Gasteiger partial charge in [-0.15, -0.1) is 0 Å². The molecule has 4 nitrogen and oxygen atoms in total. The van der Waals surface area contributed by atoms with Crippen LogP contribution in [0.2, 0.25) is 0 Å². The molecular weight excluding hydrogens is 328 g/mol. The Morgan fingerprint density at radius 3 is 2.81 bits per heavy atom. The predicted octanol–water partition coefficient (Wildman–Crippen LogP) is 3.47. The average molecular weight is 343 g/mol. The zero-order valence-electron chi connectivity index (χ0n) is 11.7. The second-order valence-electron chi connectivity index (χ2n) is 4.84. The summed E-state index contributed by atoms with van der Waals surface area (Å²) >= 11 is 3.43. The molecule has 5 heteroatoms. The minimum absolute atomic E-state index is 0.883. The Morgan fingerprint density at radius 2 is 2.00 bits per heavy atom. The predicted molar refractivity (Wildman–Crippen MR) is 88.4 cm³/mol. The van der Waals surface area contributed by atoms with E-state index >= 15 is 0 Å². The molecule has 0 atom stereocenters. The quantitative estimate of drug-likeness (QED) is 0.728. The summed E-state index contributed by atoms with van der Waals surface area (Å²) in [4.78, 5) is 15.4. The topological polar surface area (TPSA) is 41.9 Å². The van der Waals surface area contributed by atoms with E-state index in [0.717, 1.165) is 39.9 Å². The van der Waals surface area contributed by atoms with Gasteiger partial charge in [0.25, 0.3) is 0 Å². The molecule has 3 aromatic rings. The number of aromatic nitrogens is 3. The highest BCUT2D eigenvalue weighted by molar-refractivity contribution is 9.10. The number of pyridine rings is 3. The highest BCUT2D eigenvalue weighted by Crippen LogP contribution is 2.24. The summed E-state index contributed by atoms with van der Waals surface area (Å²) in [6.45, 7) is 0.883. The van der Waals surface area contributed by atoms with Gasteiger partial charge in [0.15, 0.2) is 0 Å². The minimum Gasteiger partial charge on any atom is -0.372 e. The van der Waals surface area contributed by atoms with Crippen LogP contribution in [-0.4, -0.2) is 28.5 Å². The molecule has 0 spiro atoms. The minimum atomic E-state index is 0.883. The third kappa shape index (κ3) is 3.19. The fraction of sp³-hybridized carbons (Fsp3) is 0.188. The van der Waals surface area contributed by atoms with Gasteiger partial charge in [0, 0.05) is 48.8 Å². The van der Waals surface area contributed by atoms with Crippen LogP contribution in [0.3, 0.4) is 0 Å². The first-order valence-electron chi connectivity index (χ1n) is 6.75. The molecule has 0 aliphatic heterocycles. The summed E-state index contributed by atoms with van der Waals surface area (Å²) in [5, 5.41) is 0. The van der Waals surface area contributed by atoms with Crippen LogP contribution in [0.4, 0.5) is 5.69 Å². The van der Waals surface area contributed by atoms with E-state index in [4.69, 9.17) is 0 Å². The SMILES string of the molecule is CN(CCc1ccccn1)c1ccnc2cc(Br)cnc12. The van der Waals surface area contributed by atoms with Gasteiger partial charge in [0.05, 0.1) is 11.2 Å². The van der Waals surface area contributed by atoms with Crippen LogP contribution in [-0.2, 0) is 6.42 Å². The Kier molecular flexibility index (Phi) is 4.10. The summed E-state index contributed by atoms with van der Waals surface area (Å²) in [7, 11) is 2.07. The summed E-state index contributed by atoms with van der Waals surface area (Å²) in [6.07, 6.45) is 6.36. The molecule has 0 unspecified atom stereocenters. The van der Waals surface area contributed by atoms with Crippen LogP contribution in [0.1, 0.15) is 5.69 Å². The highest BCUT2D eigenvalue weighted by Gasteiger charge is 2.08. The van der Waals surface area contributed by atoms with Crippen LogP contribution in [0, 0.1) is 0 Å². The van der Waals surface area contributed by atoms with E-state index in [0.29, 0.717) is 0 Å². The van der Waals surface area contributed by atoms with E-state index in [1.807, 2.05) is 42.7 Å². The zero-order chi connectivity index (χ0) is 14.7. The zero-order valence-corrected chi connectivity index (χ0v) is 13.3. The fourth-order valence-electron chi connectivity index (χ4n) is 2.25. The first-order valence-corrected chi connectivity index (χ1v) is 7.54. The van der Waals surface area contributed by atoms with Crippen molar-refractivity contribution in [3.8, 4) is 0 Å². The summed E-state index contributed by atoms with van der Waals surface area (Å²) < 4.78 is 0.941. The van der Waals surface area contributed by atoms with Crippen molar-refractivity contribution in [3.05, 3.63) is 59.1 Å². The first kappa shape index (κ1) is 13.9. The van der Waals surface area contributed by atoms with Crippen molar-refractivity contribution in [2.45, 2.75) is 6.42 Å². The maximum Gasteiger partial charge on any atom is 0.112 e. The molecule has 0 aromatic carbocycles. The van der Waals surface area contributed by atoms with Crippen LogP contribution in [0.15, 0.2) is 53.4 Å². The molecule has 0 bridgehead atoms. The molecule has 0 saturated carbocycles. The van der Waals surface area contributed by atoms with Crippen molar-refractivity contribution in [1.29, 1.82) is 0 Å². The summed E-state index contributed by atoms with van der Waals surface area (Å²) in [5.74, 6) is 0. The van der Waals surface area contributed by atoms with E-state index in [1.165, 1.54) is 0 Å². The van der Waals surface area contributed by atoms with Crippen molar-refractivity contribution in [3.63, 3.8) is 0 Å². The maximum absolute atomic E-state index is 4.49. The number of nitrogens with zero attached hydrogens (tertiary/aromatic N) is 4. The molecule has 21 heavy (non-hydrogen) atoms. The lowest BCUT2D eigenvalue weighted by atomic mass is 10.2. The standard InChI is InChI=1S/C16H15BrN4/c1-21(9-6-13-4-2-3-7-18-13)15-5-8-19-14-10-12(17)11-20-16(14)15/h2-5,7-8,10-11H,6,9H2,1H3. The highest BCUT2D eigenvalue weighted by atomic mass is 79.9. The lowest BCUT2D eigenvalue weighted by Gasteiger charge is -2.20. The lowest BCUT2D eigenvalue weighted by Crippen LogP contribution is -2.21. The van der Waals surface area contributed by atoms with Gasteiger partial charge < -0.3 is 4.90 Å². The summed E-state index contributed by atoms with van der Waals surface area (Å²) in [5.41, 5.74) is 4.00. The fourth-order valence-corrected chi connectivity index (χ4v) is 2.57. The largest absolute Gasteiger partial charge is 0.372 e. The molecule has 0 fully saturated rings. The van der Waals surface area contributed by atoms with Crippen molar-refractivity contribution in [2.24, 2.45) is 0 Å². The molecular formula is C16H15BrN4. The number of rotatable bonds is 4. The smallest absolute Gasteiger partial charge is 0.112 e. The molecule has 0 N–H and O–H groups in total. The monoisotopic (exact) mass is 342 g/mol. The Labute approximate surface area is 132 Å². The van der Waals surface area contributed by atoms with E-state index < -0.39 is 0 Å². The van der Waals surface area contributed by atoms with Gasteiger partial charge in [-0.3, -0.25) is 15.0 Å². The number of halogens is 1. The van der Waals surface area contributed by atoms with Gasteiger partial charge in [-0.25, -0.2) is 0 Å². The van der Waals surface area contributed by atoms with Crippen LogP contribution in [0.25, 0.3) is 11.0 Å². The Hall–Kier alpha value is -2.01. The Balaban J connectivity index is 1.83. The van der Waals surface area contributed by atoms with Gasteiger partial charge in [-0.05, 0) is 40.2 Å². The first-order chi connectivity index (χ1) is 10.2. The normalized spacial score (nSPS) is 10.8. The van der Waals surface area contributed by atoms with Crippen molar-refractivity contribution < 1.29 is 0 Å². The molecule has 3 heterocycles. The number of anilines is 1. The molecule has 0 aliphatic carbocycles. The maximum atomic E-state index is 4.49. The lowest BCUT2D eigenvalue weighted by molar-refractivity contribution is 0.854. The van der Waals surface area contributed by atoms with Crippen LogP contribution >= 0.6 is 15.9 Å². The van der Waals surface area contributed by atoms with Crippen LogP contribution in [0.5, 0.6) is 0 Å². The number of hydrogen-bond acceptors (Lipinski definition) is 4. The second-order valence-corrected chi connectivity index (χ2v) is 5.76. The Bertz CT molecular complexity index is 746. The number of fused-ring (bicyclic) bond motifs is 1. The van der Waals surface area contributed by atoms with Gasteiger partial charge >= 0.3 is 0 Å². The van der Waals surface area contributed by atoms with E-state index in [1.54, 1.807) is 6.20 Å². The van der Waals surface area contributed by atoms with Gasteiger partial charge in [0.1, 0.15) is 5.52 Å². The van der Waals surface area contributed by atoms with E-state index in [9.17, 15) is 0 Å². The molecule has 0 radical (unpaired) electrons. The van der Waals surface area contributed by atoms with Gasteiger partial charge in [0.2, 0.25) is 0 Å². The van der Waals surface area contributed by atoms with Gasteiger partial charge in [-0.1, -0.05) is 6.07 Å². The Morgan fingerprint density at radius 1 is 1.10 bits per heavy atom. The molecule has 0 saturated heterocycles. The molecule has 106 valence electrons. The van der Waals surface area contributed by atoms with E-state index in [2.05, 4.69) is 42.8 Å². The average Bonchev–Trinajstić information content (AvgIpc) is 2.52. The third-order valence-electron chi connectivity index (χ3n) is 3.36. The number of likely N-dealkylation sites (N-methyl/N-ethyl adjacent to an activating group) is 1. The second kappa shape index (κ2) is 6.18. The molecule has 0 amide bonds. The molecule has 3 aromatic heterocycles. The van der Waals surface area contributed by atoms with E-state index in [-0.39, 0.29) is 0 Å². The number of hydrogen-bond donors (Lipinski definition) is 0. The molecule has 0 aliphatic rings. The molecule has 3 rings (SSSR count). The third-order valence-corrected chi connectivity index (χ3v) is 3.80. The summed E-state index contributed by atoms with van der Waals surface area (Å²) in [6, 6.07) is 9.99. The van der Waals surface area contributed by atoms with Crippen LogP contribution < -0.4 is 4.90 Å². The van der Waals surface area contributed by atoms with Crippen molar-refractivity contribution >= 4 is 32.7 Å². The van der Waals surface area contributed by atoms with Crippen molar-refractivity contribution in [1.82, 2.24) is 15.0 Å². The van der Waals surface area contributed by atoms with Gasteiger partial charge in [-0.2, -0.15) is 0 Å². The van der Waals surface area contributed by atoms with Crippen molar-refractivity contribution in [2.75, 3.05) is 18.5 Å².